The molecule has 3 rings (SSSR count). The van der Waals surface area contributed by atoms with Crippen LogP contribution in [0.15, 0.2) is 66.7 Å². The van der Waals surface area contributed by atoms with Gasteiger partial charge in [-0.1, -0.05) is 54.6 Å². The highest BCUT2D eigenvalue weighted by Gasteiger charge is 2.28. The summed E-state index contributed by atoms with van der Waals surface area (Å²) in [6, 6.07) is 18.7. The Morgan fingerprint density at radius 3 is 2.37 bits per heavy atom. The number of carbonyl (C=O) groups excluding carboxylic acids is 1. The summed E-state index contributed by atoms with van der Waals surface area (Å²) in [7, 11) is 1.47. The average molecular weight is 530 g/mol. The zero-order chi connectivity index (χ0) is 27.7. The molecule has 0 amide bonds. The van der Waals surface area contributed by atoms with Crippen molar-refractivity contribution in [1.29, 1.82) is 0 Å². The van der Waals surface area contributed by atoms with Crippen molar-refractivity contribution < 1.29 is 37.3 Å². The number of ether oxygens (including phenoxy) is 2. The van der Waals surface area contributed by atoms with Gasteiger partial charge in [0, 0.05) is 18.7 Å². The number of nitrogens with one attached hydrogen (secondary N) is 1. The third kappa shape index (κ3) is 8.34. The van der Waals surface area contributed by atoms with E-state index in [1.54, 1.807) is 31.2 Å². The zero-order valence-corrected chi connectivity index (χ0v) is 21.2. The van der Waals surface area contributed by atoms with Crippen molar-refractivity contribution in [3.63, 3.8) is 0 Å². The normalized spacial score (nSPS) is 12.1. The molecule has 0 heterocycles. The summed E-state index contributed by atoms with van der Waals surface area (Å²) >= 11 is 0. The lowest BCUT2D eigenvalue weighted by Gasteiger charge is -2.18. The predicted octanol–water partition coefficient (Wildman–Crippen LogP) is 5.88. The largest absolute Gasteiger partial charge is 0.496 e. The Morgan fingerprint density at radius 1 is 0.974 bits per heavy atom. The summed E-state index contributed by atoms with van der Waals surface area (Å²) in [6.07, 6.45) is -5.37. The molecule has 6 nitrogen and oxygen atoms in total. The molecular weight excluding hydrogens is 499 g/mol. The maximum Gasteiger partial charge on any atom is 0.393 e. The van der Waals surface area contributed by atoms with Gasteiger partial charge in [0.15, 0.2) is 0 Å². The summed E-state index contributed by atoms with van der Waals surface area (Å²) in [6.45, 7) is 2.15. The Labute approximate surface area is 219 Å². The van der Waals surface area contributed by atoms with Gasteiger partial charge in [0.25, 0.3) is 0 Å². The second-order valence-electron chi connectivity index (χ2n) is 8.88. The average Bonchev–Trinajstić information content (AvgIpc) is 2.89. The van der Waals surface area contributed by atoms with Crippen LogP contribution in [0.5, 0.6) is 5.75 Å². The van der Waals surface area contributed by atoms with E-state index in [-0.39, 0.29) is 31.7 Å². The summed E-state index contributed by atoms with van der Waals surface area (Å²) in [5, 5.41) is 12.5. The van der Waals surface area contributed by atoms with Crippen LogP contribution in [-0.2, 0) is 33.9 Å². The fourth-order valence-corrected chi connectivity index (χ4v) is 3.97. The van der Waals surface area contributed by atoms with Crippen molar-refractivity contribution >= 4 is 11.9 Å². The molecule has 3 aromatic carbocycles. The van der Waals surface area contributed by atoms with Gasteiger partial charge in [-0.05, 0) is 46.9 Å². The second-order valence-corrected chi connectivity index (χ2v) is 8.88. The van der Waals surface area contributed by atoms with Crippen molar-refractivity contribution in [2.45, 2.75) is 45.0 Å². The van der Waals surface area contributed by atoms with E-state index in [1.807, 2.05) is 30.3 Å². The predicted molar refractivity (Wildman–Crippen MR) is 137 cm³/mol. The van der Waals surface area contributed by atoms with Gasteiger partial charge in [-0.15, -0.1) is 0 Å². The molecule has 0 aliphatic heterocycles. The fraction of sp³-hybridized carbons (Fsp3) is 0.310. The molecule has 1 unspecified atom stereocenters. The van der Waals surface area contributed by atoms with Crippen LogP contribution in [-0.4, -0.2) is 36.9 Å². The van der Waals surface area contributed by atoms with Gasteiger partial charge in [-0.2, -0.15) is 13.2 Å². The number of hydrogen-bond donors (Lipinski definition) is 2. The van der Waals surface area contributed by atoms with Crippen LogP contribution < -0.4 is 10.1 Å². The Balaban J connectivity index is 1.78. The maximum absolute atomic E-state index is 13.1. The first-order valence-corrected chi connectivity index (χ1v) is 12.1. The number of carboxylic acid groups (broad SMARTS) is 1. The molecule has 0 saturated carbocycles. The van der Waals surface area contributed by atoms with Crippen molar-refractivity contribution in [3.05, 3.63) is 89.0 Å². The van der Waals surface area contributed by atoms with Crippen LogP contribution in [0.3, 0.4) is 0 Å². The number of carbonyl (C=O) groups is 2. The lowest BCUT2D eigenvalue weighted by atomic mass is 9.92. The van der Waals surface area contributed by atoms with Crippen molar-refractivity contribution in [3.8, 4) is 16.9 Å². The fourth-order valence-electron chi connectivity index (χ4n) is 3.97. The van der Waals surface area contributed by atoms with E-state index >= 15 is 0 Å². The monoisotopic (exact) mass is 529 g/mol. The van der Waals surface area contributed by atoms with Gasteiger partial charge in [-0.3, -0.25) is 9.59 Å². The number of halogens is 3. The molecule has 0 radical (unpaired) electrons. The topological polar surface area (TPSA) is 84.9 Å². The number of benzene rings is 3. The van der Waals surface area contributed by atoms with Crippen LogP contribution in [0.2, 0.25) is 0 Å². The molecule has 3 aromatic rings. The van der Waals surface area contributed by atoms with Crippen LogP contribution in [0.25, 0.3) is 11.1 Å². The van der Waals surface area contributed by atoms with Crippen molar-refractivity contribution in [1.82, 2.24) is 5.32 Å². The number of rotatable bonds is 12. The highest BCUT2D eigenvalue weighted by atomic mass is 19.4. The van der Waals surface area contributed by atoms with Crippen LogP contribution in [0, 0.1) is 0 Å². The van der Waals surface area contributed by atoms with E-state index < -0.39 is 30.5 Å². The minimum atomic E-state index is -4.37. The smallest absolute Gasteiger partial charge is 0.393 e. The lowest BCUT2D eigenvalue weighted by Crippen LogP contribution is -2.20. The minimum Gasteiger partial charge on any atom is -0.496 e. The molecule has 0 aliphatic carbocycles. The van der Waals surface area contributed by atoms with E-state index in [0.29, 0.717) is 28.0 Å². The summed E-state index contributed by atoms with van der Waals surface area (Å²) in [4.78, 5) is 23.6. The van der Waals surface area contributed by atoms with Crippen molar-refractivity contribution in [2.75, 3.05) is 13.7 Å². The van der Waals surface area contributed by atoms with Crippen LogP contribution >= 0.6 is 0 Å². The minimum absolute atomic E-state index is 0.0827. The third-order valence-electron chi connectivity index (χ3n) is 6.02. The van der Waals surface area contributed by atoms with Gasteiger partial charge in [0.2, 0.25) is 0 Å². The molecular formula is C29H30F3NO5. The van der Waals surface area contributed by atoms with Gasteiger partial charge in [-0.25, -0.2) is 0 Å². The lowest BCUT2D eigenvalue weighted by molar-refractivity contribution is -0.145. The molecule has 0 aromatic heterocycles. The van der Waals surface area contributed by atoms with Crippen LogP contribution in [0.4, 0.5) is 13.2 Å². The first-order valence-electron chi connectivity index (χ1n) is 12.1. The molecule has 9 heteroatoms. The second kappa shape index (κ2) is 13.1. The standard InChI is InChI=1S/C29H30F3NO5/c1-19(28(35)36)22-9-11-26(37-2)25(15-22)24-10-8-21(16-29(30,31)32)14-23(24)17-33-13-12-27(34)38-18-20-6-4-3-5-7-20/h3-11,14-15,19,33H,12-13,16-18H2,1-2H3,(H,35,36). The first kappa shape index (κ1) is 28.7. The van der Waals surface area contributed by atoms with Gasteiger partial charge < -0.3 is 19.9 Å². The van der Waals surface area contributed by atoms with E-state index in [1.165, 1.54) is 19.2 Å². The third-order valence-corrected chi connectivity index (χ3v) is 6.02. The van der Waals surface area contributed by atoms with E-state index in [4.69, 9.17) is 9.47 Å². The molecule has 38 heavy (non-hydrogen) atoms. The molecule has 2 N–H and O–H groups in total. The number of methoxy groups -OCH3 is 1. The molecule has 0 fully saturated rings. The van der Waals surface area contributed by atoms with Crippen molar-refractivity contribution in [2.24, 2.45) is 0 Å². The maximum atomic E-state index is 13.1. The summed E-state index contributed by atoms with van der Waals surface area (Å²) in [5.41, 5.74) is 3.22. The Bertz CT molecular complexity index is 1240. The number of hydrogen-bond acceptors (Lipinski definition) is 5. The molecule has 202 valence electrons. The number of aliphatic carboxylic acids is 1. The number of carboxylic acids is 1. The molecule has 0 aliphatic rings. The van der Waals surface area contributed by atoms with Gasteiger partial charge in [0.05, 0.1) is 25.9 Å². The number of alkyl halides is 3. The van der Waals surface area contributed by atoms with Gasteiger partial charge >= 0.3 is 18.1 Å². The van der Waals surface area contributed by atoms with Gasteiger partial charge in [0.1, 0.15) is 12.4 Å². The van der Waals surface area contributed by atoms with Crippen LogP contribution in [0.1, 0.15) is 41.5 Å². The Morgan fingerprint density at radius 2 is 1.71 bits per heavy atom. The molecule has 1 atom stereocenters. The van der Waals surface area contributed by atoms with E-state index in [0.717, 1.165) is 5.56 Å². The zero-order valence-electron chi connectivity index (χ0n) is 21.2. The highest BCUT2D eigenvalue weighted by molar-refractivity contribution is 5.79. The molecule has 0 bridgehead atoms. The quantitative estimate of drug-likeness (QED) is 0.225. The molecule has 0 spiro atoms. The van der Waals surface area contributed by atoms with E-state index in [9.17, 15) is 27.9 Å². The highest BCUT2D eigenvalue weighted by Crippen LogP contribution is 2.36. The summed E-state index contributed by atoms with van der Waals surface area (Å²) in [5.74, 6) is -1.72. The Hall–Kier alpha value is -3.85. The summed E-state index contributed by atoms with van der Waals surface area (Å²) < 4.78 is 50.0. The number of esters is 1. The SMILES string of the molecule is COc1ccc(C(C)C(=O)O)cc1-c1ccc(CC(F)(F)F)cc1CNCCC(=O)OCc1ccccc1. The Kier molecular flexibility index (Phi) is 9.90. The molecule has 0 saturated heterocycles. The van der Waals surface area contributed by atoms with E-state index in [2.05, 4.69) is 5.32 Å². The first-order chi connectivity index (χ1) is 18.1.